The number of aromatic amines is 1. The highest BCUT2D eigenvalue weighted by Gasteiger charge is 2.45. The molecule has 27 heavy (non-hydrogen) atoms. The number of nitrogens with zero attached hydrogens (tertiary/aromatic N) is 3. The highest BCUT2D eigenvalue weighted by molar-refractivity contribution is 5.87. The average Bonchev–Trinajstić information content (AvgIpc) is 3.14. The van der Waals surface area contributed by atoms with Crippen molar-refractivity contribution >= 4 is 22.8 Å². The highest BCUT2D eigenvalue weighted by Crippen LogP contribution is 2.34. The van der Waals surface area contributed by atoms with Crippen LogP contribution in [0.2, 0.25) is 0 Å². The summed E-state index contributed by atoms with van der Waals surface area (Å²) in [6.07, 6.45) is 3.70. The van der Waals surface area contributed by atoms with Gasteiger partial charge in [0.15, 0.2) is 11.6 Å². The van der Waals surface area contributed by atoms with Gasteiger partial charge in [-0.3, -0.25) is 0 Å². The van der Waals surface area contributed by atoms with Crippen LogP contribution in [0.15, 0.2) is 36.8 Å². The summed E-state index contributed by atoms with van der Waals surface area (Å²) < 4.78 is 19.8. The number of halogens is 1. The number of nitrogens with one attached hydrogen (secondary N) is 1. The summed E-state index contributed by atoms with van der Waals surface area (Å²) in [7, 11) is 0. The zero-order chi connectivity index (χ0) is 19.0. The third-order valence-electron chi connectivity index (χ3n) is 4.99. The van der Waals surface area contributed by atoms with Crippen molar-refractivity contribution in [3.8, 4) is 5.75 Å². The van der Waals surface area contributed by atoms with Gasteiger partial charge in [0.2, 0.25) is 5.60 Å². The number of fused-ring (bicyclic) bond motifs is 1. The number of piperidine rings is 1. The first-order chi connectivity index (χ1) is 13.0. The Labute approximate surface area is 154 Å². The second-order valence-corrected chi connectivity index (χ2v) is 6.76. The summed E-state index contributed by atoms with van der Waals surface area (Å²) in [6.45, 7) is 2.66. The molecule has 2 aromatic heterocycles. The molecule has 7 nitrogen and oxygen atoms in total. The lowest BCUT2D eigenvalue weighted by Gasteiger charge is -2.39. The molecule has 1 saturated heterocycles. The first-order valence-electron chi connectivity index (χ1n) is 8.70. The number of aryl methyl sites for hydroxylation is 1. The molecule has 0 amide bonds. The van der Waals surface area contributed by atoms with E-state index in [1.54, 1.807) is 19.2 Å². The Morgan fingerprint density at radius 3 is 2.81 bits per heavy atom. The van der Waals surface area contributed by atoms with Gasteiger partial charge in [-0.15, -0.1) is 0 Å². The number of hydrogen-bond donors (Lipinski definition) is 2. The molecular formula is C19H19FN4O3. The fourth-order valence-corrected chi connectivity index (χ4v) is 3.45. The van der Waals surface area contributed by atoms with Crippen molar-refractivity contribution in [3.05, 3.63) is 48.2 Å². The van der Waals surface area contributed by atoms with Crippen LogP contribution >= 0.6 is 0 Å². The van der Waals surface area contributed by atoms with Crippen LogP contribution in [0.25, 0.3) is 11.0 Å². The van der Waals surface area contributed by atoms with Gasteiger partial charge in [-0.05, 0) is 30.7 Å². The number of H-pyrrole nitrogens is 1. The minimum absolute atomic E-state index is 0.0269. The zero-order valence-electron chi connectivity index (χ0n) is 14.8. The Bertz CT molecular complexity index is 996. The number of benzene rings is 1. The molecule has 3 heterocycles. The first-order valence-corrected chi connectivity index (χ1v) is 8.70. The average molecular weight is 370 g/mol. The maximum absolute atomic E-state index is 14.1. The van der Waals surface area contributed by atoms with E-state index in [-0.39, 0.29) is 18.6 Å². The molecule has 0 saturated carbocycles. The quantitative estimate of drug-likeness (QED) is 0.734. The minimum Gasteiger partial charge on any atom is -0.478 e. The van der Waals surface area contributed by atoms with Gasteiger partial charge in [0.05, 0.1) is 5.39 Å². The van der Waals surface area contributed by atoms with Crippen molar-refractivity contribution in [1.29, 1.82) is 0 Å². The molecule has 1 aliphatic rings. The van der Waals surface area contributed by atoms with Gasteiger partial charge in [-0.25, -0.2) is 19.2 Å². The predicted octanol–water partition coefficient (Wildman–Crippen LogP) is 2.91. The minimum atomic E-state index is -1.46. The number of ether oxygens (including phenoxy) is 1. The standard InChI is InChI=1S/C19H19FN4O3/c1-12-2-3-14(20)15(10-12)27-19(18(25)26)5-8-24(9-6-19)17-13-4-7-21-16(13)22-11-23-17/h2-4,7,10-11H,5-6,8-9H2,1H3,(H,25,26)(H,21,22,23). The van der Waals surface area contributed by atoms with Crippen molar-refractivity contribution < 1.29 is 19.0 Å². The largest absolute Gasteiger partial charge is 0.478 e. The van der Waals surface area contributed by atoms with Crippen LogP contribution in [0.3, 0.4) is 0 Å². The van der Waals surface area contributed by atoms with Crippen LogP contribution in [0, 0.1) is 12.7 Å². The van der Waals surface area contributed by atoms with Crippen LogP contribution in [0.4, 0.5) is 10.2 Å². The van der Waals surface area contributed by atoms with E-state index in [0.717, 1.165) is 22.4 Å². The van der Waals surface area contributed by atoms with Gasteiger partial charge in [-0.2, -0.15) is 0 Å². The van der Waals surface area contributed by atoms with E-state index in [1.165, 1.54) is 18.5 Å². The monoisotopic (exact) mass is 370 g/mol. The lowest BCUT2D eigenvalue weighted by Crippen LogP contribution is -2.53. The van der Waals surface area contributed by atoms with E-state index >= 15 is 0 Å². The molecule has 0 bridgehead atoms. The highest BCUT2D eigenvalue weighted by atomic mass is 19.1. The molecule has 1 aliphatic heterocycles. The number of carbonyl (C=O) groups is 1. The molecule has 2 N–H and O–H groups in total. The van der Waals surface area contributed by atoms with E-state index < -0.39 is 17.4 Å². The number of aliphatic carboxylic acids is 1. The van der Waals surface area contributed by atoms with Crippen molar-refractivity contribution in [3.63, 3.8) is 0 Å². The number of carboxylic acids is 1. The Hall–Kier alpha value is -3.16. The van der Waals surface area contributed by atoms with E-state index in [1.807, 2.05) is 11.0 Å². The molecule has 1 aromatic carbocycles. The SMILES string of the molecule is Cc1ccc(F)c(OC2(C(=O)O)CCN(c3ncnc4[nH]ccc34)CC2)c1. The van der Waals surface area contributed by atoms with Crippen LogP contribution in [0.5, 0.6) is 5.75 Å². The van der Waals surface area contributed by atoms with Crippen LogP contribution in [-0.2, 0) is 4.79 Å². The van der Waals surface area contributed by atoms with Crippen molar-refractivity contribution in [1.82, 2.24) is 15.0 Å². The normalized spacial score (nSPS) is 16.4. The summed E-state index contributed by atoms with van der Waals surface area (Å²) in [4.78, 5) is 25.6. The second-order valence-electron chi connectivity index (χ2n) is 6.76. The lowest BCUT2D eigenvalue weighted by atomic mass is 9.91. The number of rotatable bonds is 4. The molecule has 140 valence electrons. The van der Waals surface area contributed by atoms with Gasteiger partial charge in [0.1, 0.15) is 17.8 Å². The van der Waals surface area contributed by atoms with Crippen molar-refractivity contribution in [2.45, 2.75) is 25.4 Å². The smallest absolute Gasteiger partial charge is 0.348 e. The number of carboxylic acid groups (broad SMARTS) is 1. The van der Waals surface area contributed by atoms with E-state index in [2.05, 4.69) is 15.0 Å². The Balaban J connectivity index is 1.58. The maximum Gasteiger partial charge on any atom is 0.348 e. The molecule has 3 aromatic rings. The lowest BCUT2D eigenvalue weighted by molar-refractivity contribution is -0.157. The topological polar surface area (TPSA) is 91.3 Å². The van der Waals surface area contributed by atoms with Crippen LogP contribution < -0.4 is 9.64 Å². The Kier molecular flexibility index (Phi) is 4.18. The second kappa shape index (κ2) is 6.53. The molecule has 0 radical (unpaired) electrons. The summed E-state index contributed by atoms with van der Waals surface area (Å²) in [5.74, 6) is -0.922. The molecule has 4 rings (SSSR count). The van der Waals surface area contributed by atoms with Crippen molar-refractivity contribution in [2.75, 3.05) is 18.0 Å². The first kappa shape index (κ1) is 17.3. The summed E-state index contributed by atoms with van der Waals surface area (Å²) in [5, 5.41) is 10.7. The summed E-state index contributed by atoms with van der Waals surface area (Å²) >= 11 is 0. The zero-order valence-corrected chi connectivity index (χ0v) is 14.8. The third-order valence-corrected chi connectivity index (χ3v) is 4.99. The van der Waals surface area contributed by atoms with E-state index in [0.29, 0.717) is 13.1 Å². The fourth-order valence-electron chi connectivity index (χ4n) is 3.45. The molecule has 1 fully saturated rings. The van der Waals surface area contributed by atoms with Gasteiger partial charge in [0, 0.05) is 32.1 Å². The molecule has 0 atom stereocenters. The number of anilines is 1. The van der Waals surface area contributed by atoms with Gasteiger partial charge in [0.25, 0.3) is 0 Å². The molecule has 8 heteroatoms. The van der Waals surface area contributed by atoms with E-state index in [9.17, 15) is 14.3 Å². The number of hydrogen-bond acceptors (Lipinski definition) is 5. The van der Waals surface area contributed by atoms with E-state index in [4.69, 9.17) is 4.74 Å². The fraction of sp³-hybridized carbons (Fsp3) is 0.316. The molecule has 0 spiro atoms. The van der Waals surface area contributed by atoms with Gasteiger partial charge < -0.3 is 19.7 Å². The molecule has 0 unspecified atom stereocenters. The summed E-state index contributed by atoms with van der Waals surface area (Å²) in [5.41, 5.74) is 0.0727. The Morgan fingerprint density at radius 2 is 2.07 bits per heavy atom. The van der Waals surface area contributed by atoms with Crippen LogP contribution in [-0.4, -0.2) is 44.7 Å². The maximum atomic E-state index is 14.1. The van der Waals surface area contributed by atoms with Crippen LogP contribution in [0.1, 0.15) is 18.4 Å². The number of aromatic nitrogens is 3. The van der Waals surface area contributed by atoms with Gasteiger partial charge in [-0.1, -0.05) is 6.07 Å². The molecule has 0 aliphatic carbocycles. The summed E-state index contributed by atoms with van der Waals surface area (Å²) in [6, 6.07) is 6.33. The Morgan fingerprint density at radius 1 is 1.30 bits per heavy atom. The predicted molar refractivity (Wildman–Crippen MR) is 97.5 cm³/mol. The third kappa shape index (κ3) is 3.07. The van der Waals surface area contributed by atoms with Crippen molar-refractivity contribution in [2.24, 2.45) is 0 Å². The molecular weight excluding hydrogens is 351 g/mol. The van der Waals surface area contributed by atoms with Gasteiger partial charge >= 0.3 is 5.97 Å².